The zero-order valence-electron chi connectivity index (χ0n) is 14.8. The second kappa shape index (κ2) is 7.75. The molecule has 0 bridgehead atoms. The van der Waals surface area contributed by atoms with E-state index in [1.54, 1.807) is 19.9 Å². The molecule has 1 aliphatic heterocycles. The first-order chi connectivity index (χ1) is 11.3. The number of cyclic esters (lactones) is 1. The molecule has 0 aromatic carbocycles. The number of aliphatic hydroxyl groups is 1. The maximum atomic E-state index is 12.0. The number of Topliss-reactive ketones (excluding diaryl/α,β-unsaturated/α-hetero) is 1. The smallest absolute Gasteiger partial charge is 0.333 e. The lowest BCUT2D eigenvalue weighted by Crippen LogP contribution is -2.23. The summed E-state index contributed by atoms with van der Waals surface area (Å²) in [6.45, 7) is 7.45. The van der Waals surface area contributed by atoms with E-state index in [1.807, 2.05) is 26.0 Å². The number of rotatable bonds is 5. The zero-order chi connectivity index (χ0) is 17.9. The summed E-state index contributed by atoms with van der Waals surface area (Å²) in [6, 6.07) is 0. The van der Waals surface area contributed by atoms with Gasteiger partial charge in [0, 0.05) is 12.0 Å². The number of hydrogen-bond acceptors (Lipinski definition) is 4. The normalized spacial score (nSPS) is 28.6. The van der Waals surface area contributed by atoms with Crippen molar-refractivity contribution in [3.8, 4) is 0 Å². The number of aliphatic hydroxyl groups excluding tert-OH is 1. The number of hydrogen-bond donors (Lipinski definition) is 1. The molecule has 130 valence electrons. The first-order valence-electron chi connectivity index (χ1n) is 8.42. The standard InChI is InChI=1S/C20H26O4/c1-12(10-16-17(21)11-15(4)19(16)22)6-5-7-13(2)18-9-8-14(3)20(23)24-18/h7-8,10-11,16-18,21H,5-6,9H2,1-4H3/b12-10+,13-7+. The van der Waals surface area contributed by atoms with Gasteiger partial charge in [-0.25, -0.2) is 4.79 Å². The van der Waals surface area contributed by atoms with Gasteiger partial charge in [-0.15, -0.1) is 0 Å². The molecule has 3 unspecified atom stereocenters. The lowest BCUT2D eigenvalue weighted by molar-refractivity contribution is -0.143. The minimum absolute atomic E-state index is 0.00449. The Bertz CT molecular complexity index is 649. The topological polar surface area (TPSA) is 63.6 Å². The van der Waals surface area contributed by atoms with Gasteiger partial charge in [0.15, 0.2) is 5.78 Å². The average molecular weight is 330 g/mol. The summed E-state index contributed by atoms with van der Waals surface area (Å²) in [5.74, 6) is -0.681. The number of ketones is 1. The van der Waals surface area contributed by atoms with Crippen LogP contribution in [0.1, 0.15) is 47.0 Å². The molecule has 0 aromatic heterocycles. The van der Waals surface area contributed by atoms with Crippen LogP contribution in [0.2, 0.25) is 0 Å². The van der Waals surface area contributed by atoms with Crippen LogP contribution in [-0.4, -0.2) is 29.1 Å². The van der Waals surface area contributed by atoms with Crippen LogP contribution >= 0.6 is 0 Å². The molecule has 1 heterocycles. The van der Waals surface area contributed by atoms with Gasteiger partial charge in [0.05, 0.1) is 12.0 Å². The average Bonchev–Trinajstić information content (AvgIpc) is 2.76. The Morgan fingerprint density at radius 3 is 2.58 bits per heavy atom. The summed E-state index contributed by atoms with van der Waals surface area (Å²) in [6.07, 6.45) is 8.96. The molecule has 1 N–H and O–H groups in total. The van der Waals surface area contributed by atoms with E-state index >= 15 is 0 Å². The van der Waals surface area contributed by atoms with Gasteiger partial charge in [-0.2, -0.15) is 0 Å². The molecule has 0 saturated heterocycles. The fourth-order valence-electron chi connectivity index (χ4n) is 3.00. The molecule has 2 aliphatic rings. The van der Waals surface area contributed by atoms with E-state index in [9.17, 15) is 14.7 Å². The van der Waals surface area contributed by atoms with Gasteiger partial charge in [-0.05, 0) is 57.8 Å². The largest absolute Gasteiger partial charge is 0.454 e. The summed E-state index contributed by atoms with van der Waals surface area (Å²) < 4.78 is 5.39. The summed E-state index contributed by atoms with van der Waals surface area (Å²) in [7, 11) is 0. The zero-order valence-corrected chi connectivity index (χ0v) is 14.8. The molecule has 4 nitrogen and oxygen atoms in total. The molecular weight excluding hydrogens is 304 g/mol. The third kappa shape index (κ3) is 4.32. The van der Waals surface area contributed by atoms with Gasteiger partial charge in [-0.3, -0.25) is 4.79 Å². The van der Waals surface area contributed by atoms with E-state index in [0.717, 1.165) is 30.4 Å². The third-order valence-corrected chi connectivity index (χ3v) is 4.67. The van der Waals surface area contributed by atoms with Crippen LogP contribution in [-0.2, 0) is 14.3 Å². The predicted molar refractivity (Wildman–Crippen MR) is 93.3 cm³/mol. The SMILES string of the molecule is CC1=CCC(/C(C)=C/CC/C(C)=C/C2C(=O)C(C)=CC2O)OC1=O. The van der Waals surface area contributed by atoms with Crippen molar-refractivity contribution in [2.75, 3.05) is 0 Å². The monoisotopic (exact) mass is 330 g/mol. The fraction of sp³-hybridized carbons (Fsp3) is 0.500. The van der Waals surface area contributed by atoms with Crippen molar-refractivity contribution in [2.45, 2.75) is 59.2 Å². The van der Waals surface area contributed by atoms with Crippen LogP contribution in [0.25, 0.3) is 0 Å². The van der Waals surface area contributed by atoms with E-state index in [4.69, 9.17) is 4.74 Å². The Labute approximate surface area is 143 Å². The first-order valence-corrected chi connectivity index (χ1v) is 8.42. The number of ether oxygens (including phenoxy) is 1. The van der Waals surface area contributed by atoms with E-state index in [1.165, 1.54) is 0 Å². The lowest BCUT2D eigenvalue weighted by atomic mass is 9.97. The summed E-state index contributed by atoms with van der Waals surface area (Å²) in [4.78, 5) is 23.5. The predicted octanol–water partition coefficient (Wildman–Crippen LogP) is 3.43. The molecule has 0 amide bonds. The number of esters is 1. The quantitative estimate of drug-likeness (QED) is 0.619. The molecule has 1 aliphatic carbocycles. The molecule has 2 rings (SSSR count). The van der Waals surface area contributed by atoms with E-state index in [2.05, 4.69) is 6.08 Å². The van der Waals surface area contributed by atoms with Crippen molar-refractivity contribution in [2.24, 2.45) is 5.92 Å². The molecule has 0 spiro atoms. The highest BCUT2D eigenvalue weighted by Crippen LogP contribution is 2.25. The Hall–Kier alpha value is -1.94. The molecule has 3 atom stereocenters. The van der Waals surface area contributed by atoms with E-state index in [-0.39, 0.29) is 17.9 Å². The molecule has 4 heteroatoms. The second-order valence-electron chi connectivity index (χ2n) is 6.75. The van der Waals surface area contributed by atoms with Crippen molar-refractivity contribution >= 4 is 11.8 Å². The molecule has 0 fully saturated rings. The minimum atomic E-state index is -0.707. The third-order valence-electron chi connectivity index (χ3n) is 4.67. The van der Waals surface area contributed by atoms with Crippen molar-refractivity contribution in [3.05, 3.63) is 46.6 Å². The van der Waals surface area contributed by atoms with Crippen LogP contribution in [0.15, 0.2) is 46.6 Å². The van der Waals surface area contributed by atoms with Crippen molar-refractivity contribution in [1.82, 2.24) is 0 Å². The van der Waals surface area contributed by atoms with Crippen molar-refractivity contribution in [1.29, 1.82) is 0 Å². The van der Waals surface area contributed by atoms with E-state index in [0.29, 0.717) is 11.1 Å². The lowest BCUT2D eigenvalue weighted by Gasteiger charge is -2.21. The highest BCUT2D eigenvalue weighted by atomic mass is 16.5. The maximum absolute atomic E-state index is 12.0. The Kier molecular flexibility index (Phi) is 5.94. The molecule has 24 heavy (non-hydrogen) atoms. The maximum Gasteiger partial charge on any atom is 0.333 e. The van der Waals surface area contributed by atoms with Gasteiger partial charge in [0.25, 0.3) is 0 Å². The van der Waals surface area contributed by atoms with Crippen molar-refractivity contribution < 1.29 is 19.4 Å². The number of carbonyl (C=O) groups excluding carboxylic acids is 2. The van der Waals surface area contributed by atoms with Gasteiger partial charge in [-0.1, -0.05) is 23.8 Å². The number of carbonyl (C=O) groups is 2. The molecular formula is C20H26O4. The van der Waals surface area contributed by atoms with Crippen LogP contribution in [0, 0.1) is 5.92 Å². The van der Waals surface area contributed by atoms with E-state index < -0.39 is 12.0 Å². The highest BCUT2D eigenvalue weighted by molar-refractivity contribution is 6.01. The summed E-state index contributed by atoms with van der Waals surface area (Å²) in [5, 5.41) is 9.90. The number of allylic oxidation sites excluding steroid dienone is 3. The van der Waals surface area contributed by atoms with Crippen molar-refractivity contribution in [3.63, 3.8) is 0 Å². The molecule has 0 saturated carbocycles. The van der Waals surface area contributed by atoms with Crippen LogP contribution in [0.5, 0.6) is 0 Å². The molecule has 0 radical (unpaired) electrons. The van der Waals surface area contributed by atoms with Gasteiger partial charge in [0.2, 0.25) is 0 Å². The highest BCUT2D eigenvalue weighted by Gasteiger charge is 2.30. The first kappa shape index (κ1) is 18.4. The van der Waals surface area contributed by atoms with Crippen LogP contribution in [0.4, 0.5) is 0 Å². The Morgan fingerprint density at radius 1 is 1.29 bits per heavy atom. The Morgan fingerprint density at radius 2 is 2.00 bits per heavy atom. The fourth-order valence-corrected chi connectivity index (χ4v) is 3.00. The minimum Gasteiger partial charge on any atom is -0.454 e. The second-order valence-corrected chi connectivity index (χ2v) is 6.75. The summed E-state index contributed by atoms with van der Waals surface area (Å²) >= 11 is 0. The van der Waals surface area contributed by atoms with Crippen LogP contribution in [0.3, 0.4) is 0 Å². The summed E-state index contributed by atoms with van der Waals surface area (Å²) in [5.41, 5.74) is 3.43. The van der Waals surface area contributed by atoms with Crippen LogP contribution < -0.4 is 0 Å². The van der Waals surface area contributed by atoms with Gasteiger partial charge < -0.3 is 9.84 Å². The van der Waals surface area contributed by atoms with Gasteiger partial charge in [0.1, 0.15) is 6.10 Å². The molecule has 0 aromatic rings. The van der Waals surface area contributed by atoms with Gasteiger partial charge >= 0.3 is 5.97 Å². The Balaban J connectivity index is 1.88.